The molecule has 14 heavy (non-hydrogen) atoms. The molecule has 0 saturated carbocycles. The zero-order chi connectivity index (χ0) is 9.97. The molecule has 0 N–H and O–H groups in total. The average Bonchev–Trinajstić information content (AvgIpc) is 2.69. The van der Waals surface area contributed by atoms with E-state index in [2.05, 4.69) is 9.97 Å². The maximum atomic E-state index is 11.8. The van der Waals surface area contributed by atoms with E-state index in [0.717, 1.165) is 5.56 Å². The summed E-state index contributed by atoms with van der Waals surface area (Å²) in [5.41, 5.74) is 3.71. The van der Waals surface area contributed by atoms with Crippen LogP contribution >= 0.6 is 11.3 Å². The number of pyridine rings is 1. The fraction of sp³-hybridized carbons (Fsp3) is 0.100. The van der Waals surface area contributed by atoms with Gasteiger partial charge in [0.25, 0.3) is 0 Å². The van der Waals surface area contributed by atoms with Crippen LogP contribution in [-0.4, -0.2) is 15.8 Å². The van der Waals surface area contributed by atoms with Gasteiger partial charge in [-0.15, -0.1) is 11.3 Å². The Labute approximate surface area is 85.5 Å². The highest BCUT2D eigenvalue weighted by molar-refractivity contribution is 7.07. The Bertz CT molecular complexity index is 451. The number of aryl methyl sites for hydroxylation is 1. The Morgan fingerprint density at radius 1 is 1.43 bits per heavy atom. The van der Waals surface area contributed by atoms with Gasteiger partial charge in [-0.1, -0.05) is 0 Å². The van der Waals surface area contributed by atoms with Gasteiger partial charge >= 0.3 is 0 Å². The Morgan fingerprint density at radius 2 is 2.29 bits per heavy atom. The second-order valence-corrected chi connectivity index (χ2v) is 3.67. The van der Waals surface area contributed by atoms with Crippen LogP contribution in [0.5, 0.6) is 0 Å². The van der Waals surface area contributed by atoms with E-state index in [0.29, 0.717) is 11.3 Å². The van der Waals surface area contributed by atoms with Crippen LogP contribution < -0.4 is 0 Å². The van der Waals surface area contributed by atoms with E-state index < -0.39 is 0 Å². The molecule has 70 valence electrons. The monoisotopic (exact) mass is 204 g/mol. The lowest BCUT2D eigenvalue weighted by Crippen LogP contribution is -2.02. The molecule has 0 bridgehead atoms. The van der Waals surface area contributed by atoms with E-state index in [1.54, 1.807) is 23.3 Å². The van der Waals surface area contributed by atoms with Crippen LogP contribution in [0.4, 0.5) is 0 Å². The Hall–Kier alpha value is -1.55. The molecule has 0 fully saturated rings. The number of rotatable bonds is 2. The first-order chi connectivity index (χ1) is 6.77. The number of nitrogens with zero attached hydrogens (tertiary/aromatic N) is 2. The zero-order valence-electron chi connectivity index (χ0n) is 7.60. The number of aromatic nitrogens is 2. The van der Waals surface area contributed by atoms with E-state index >= 15 is 0 Å². The van der Waals surface area contributed by atoms with Gasteiger partial charge in [0.05, 0.1) is 5.51 Å². The lowest BCUT2D eigenvalue weighted by atomic mass is 10.1. The van der Waals surface area contributed by atoms with Crippen molar-refractivity contribution in [2.24, 2.45) is 0 Å². The topological polar surface area (TPSA) is 42.9 Å². The molecule has 0 aliphatic rings. The summed E-state index contributed by atoms with van der Waals surface area (Å²) in [5, 5.41) is 1.74. The molecule has 0 aliphatic heterocycles. The van der Waals surface area contributed by atoms with Crippen molar-refractivity contribution in [3.63, 3.8) is 0 Å². The fourth-order valence-corrected chi connectivity index (χ4v) is 1.68. The maximum Gasteiger partial charge on any atom is 0.213 e. The summed E-state index contributed by atoms with van der Waals surface area (Å²) in [5.74, 6) is -0.0672. The summed E-state index contributed by atoms with van der Waals surface area (Å²) < 4.78 is 0. The minimum atomic E-state index is -0.0672. The second-order valence-electron chi connectivity index (χ2n) is 2.95. The summed E-state index contributed by atoms with van der Waals surface area (Å²) in [4.78, 5) is 19.7. The normalized spacial score (nSPS) is 10.1. The molecule has 0 saturated heterocycles. The zero-order valence-corrected chi connectivity index (χ0v) is 8.41. The van der Waals surface area contributed by atoms with E-state index in [1.165, 1.54) is 11.3 Å². The first-order valence-corrected chi connectivity index (χ1v) is 5.06. The third kappa shape index (κ3) is 1.70. The molecule has 2 aromatic rings. The minimum Gasteiger partial charge on any atom is -0.287 e. The van der Waals surface area contributed by atoms with Gasteiger partial charge in [-0.2, -0.15) is 0 Å². The summed E-state index contributed by atoms with van der Waals surface area (Å²) >= 11 is 1.41. The van der Waals surface area contributed by atoms with Crippen LogP contribution in [0.3, 0.4) is 0 Å². The fourth-order valence-electron chi connectivity index (χ4n) is 1.15. The standard InChI is InChI=1S/C10H8N2OS/c1-7-2-8(4-11-3-7)10(13)9-5-14-6-12-9/h2-6H,1H3. The summed E-state index contributed by atoms with van der Waals surface area (Å²) in [6.07, 6.45) is 3.28. The van der Waals surface area contributed by atoms with E-state index in [9.17, 15) is 4.79 Å². The van der Waals surface area contributed by atoms with Gasteiger partial charge in [0, 0.05) is 23.3 Å². The number of carbonyl (C=O) groups excluding carboxylic acids is 1. The number of hydrogen-bond acceptors (Lipinski definition) is 4. The summed E-state index contributed by atoms with van der Waals surface area (Å²) in [6.45, 7) is 1.91. The van der Waals surface area contributed by atoms with E-state index in [4.69, 9.17) is 0 Å². The molecule has 0 aromatic carbocycles. The minimum absolute atomic E-state index is 0.0672. The lowest BCUT2D eigenvalue weighted by molar-refractivity contribution is 0.103. The van der Waals surface area contributed by atoms with Crippen LogP contribution in [0, 0.1) is 6.92 Å². The molecule has 0 radical (unpaired) electrons. The Morgan fingerprint density at radius 3 is 2.93 bits per heavy atom. The van der Waals surface area contributed by atoms with Crippen molar-refractivity contribution in [3.05, 3.63) is 46.2 Å². The van der Waals surface area contributed by atoms with Gasteiger partial charge in [-0.3, -0.25) is 9.78 Å². The van der Waals surface area contributed by atoms with Crippen LogP contribution in [-0.2, 0) is 0 Å². The molecular formula is C10H8N2OS. The maximum absolute atomic E-state index is 11.8. The van der Waals surface area contributed by atoms with Crippen molar-refractivity contribution in [2.45, 2.75) is 6.92 Å². The number of ketones is 1. The summed E-state index contributed by atoms with van der Waals surface area (Å²) in [6, 6.07) is 1.81. The van der Waals surface area contributed by atoms with Gasteiger partial charge in [-0.05, 0) is 18.6 Å². The average molecular weight is 204 g/mol. The van der Waals surface area contributed by atoms with Crippen molar-refractivity contribution in [1.29, 1.82) is 0 Å². The molecule has 2 heterocycles. The Balaban J connectivity index is 2.37. The first-order valence-electron chi connectivity index (χ1n) is 4.12. The largest absolute Gasteiger partial charge is 0.287 e. The predicted molar refractivity (Wildman–Crippen MR) is 54.5 cm³/mol. The van der Waals surface area contributed by atoms with E-state index in [-0.39, 0.29) is 5.78 Å². The number of carbonyl (C=O) groups is 1. The predicted octanol–water partition coefficient (Wildman–Crippen LogP) is 2.08. The van der Waals surface area contributed by atoms with Crippen LogP contribution in [0.15, 0.2) is 29.4 Å². The summed E-state index contributed by atoms with van der Waals surface area (Å²) in [7, 11) is 0. The van der Waals surface area contributed by atoms with Crippen molar-refractivity contribution in [3.8, 4) is 0 Å². The molecule has 2 aromatic heterocycles. The molecule has 3 nitrogen and oxygen atoms in total. The molecule has 0 aliphatic carbocycles. The van der Waals surface area contributed by atoms with Gasteiger partial charge in [0.15, 0.2) is 0 Å². The third-order valence-electron chi connectivity index (χ3n) is 1.80. The first kappa shape index (κ1) is 9.02. The van der Waals surface area contributed by atoms with Gasteiger partial charge in [0.1, 0.15) is 5.69 Å². The number of hydrogen-bond donors (Lipinski definition) is 0. The van der Waals surface area contributed by atoms with Crippen LogP contribution in [0.25, 0.3) is 0 Å². The van der Waals surface area contributed by atoms with Crippen molar-refractivity contribution >= 4 is 17.1 Å². The molecule has 4 heteroatoms. The molecule has 0 atom stereocenters. The van der Waals surface area contributed by atoms with Crippen molar-refractivity contribution in [2.75, 3.05) is 0 Å². The van der Waals surface area contributed by atoms with Crippen molar-refractivity contribution in [1.82, 2.24) is 9.97 Å². The third-order valence-corrected chi connectivity index (χ3v) is 2.39. The molecule has 2 rings (SSSR count). The van der Waals surface area contributed by atoms with Crippen molar-refractivity contribution < 1.29 is 4.79 Å². The smallest absolute Gasteiger partial charge is 0.213 e. The Kier molecular flexibility index (Phi) is 2.37. The molecular weight excluding hydrogens is 196 g/mol. The lowest BCUT2D eigenvalue weighted by Gasteiger charge is -1.97. The SMILES string of the molecule is Cc1cncc(C(=O)c2cscn2)c1. The second kappa shape index (κ2) is 3.67. The van der Waals surface area contributed by atoms with Gasteiger partial charge < -0.3 is 0 Å². The van der Waals surface area contributed by atoms with Gasteiger partial charge in [0.2, 0.25) is 5.78 Å². The highest BCUT2D eigenvalue weighted by Gasteiger charge is 2.10. The quantitative estimate of drug-likeness (QED) is 0.703. The molecule has 0 unspecified atom stereocenters. The van der Waals surface area contributed by atoms with E-state index in [1.807, 2.05) is 13.0 Å². The van der Waals surface area contributed by atoms with Crippen LogP contribution in [0.1, 0.15) is 21.6 Å². The van der Waals surface area contributed by atoms with Crippen LogP contribution in [0.2, 0.25) is 0 Å². The van der Waals surface area contributed by atoms with Gasteiger partial charge in [-0.25, -0.2) is 4.98 Å². The highest BCUT2D eigenvalue weighted by atomic mass is 32.1. The molecule has 0 spiro atoms. The number of thiazole rings is 1. The molecule has 0 amide bonds. The highest BCUT2D eigenvalue weighted by Crippen LogP contribution is 2.10.